The number of aromatic nitrogens is 1. The van der Waals surface area contributed by atoms with E-state index in [-0.39, 0.29) is 11.8 Å². The molecule has 1 N–H and O–H groups in total. The standard InChI is InChI=1S/C20H16N2O2/c23-20(22-13-14-9-11-21-12-10-14)19-15-5-1-3-7-17(15)24-18-8-4-2-6-16(18)19/h1-12,19H,13H2,(H,22,23). The second-order valence-corrected chi connectivity index (χ2v) is 5.68. The Morgan fingerprint density at radius 1 is 0.917 bits per heavy atom. The zero-order valence-corrected chi connectivity index (χ0v) is 13.0. The lowest BCUT2D eigenvalue weighted by Crippen LogP contribution is -2.31. The van der Waals surface area contributed by atoms with Gasteiger partial charge in [-0.1, -0.05) is 36.4 Å². The Morgan fingerprint density at radius 2 is 1.50 bits per heavy atom. The topological polar surface area (TPSA) is 51.2 Å². The monoisotopic (exact) mass is 316 g/mol. The fraction of sp³-hybridized carbons (Fsp3) is 0.100. The van der Waals surface area contributed by atoms with Crippen molar-refractivity contribution in [2.45, 2.75) is 12.5 Å². The van der Waals surface area contributed by atoms with E-state index < -0.39 is 0 Å². The SMILES string of the molecule is O=C(NCc1ccncc1)C1c2ccccc2Oc2ccccc21. The molecule has 3 aromatic rings. The molecule has 0 aliphatic carbocycles. The van der Waals surface area contributed by atoms with Crippen LogP contribution >= 0.6 is 0 Å². The van der Waals surface area contributed by atoms with Crippen LogP contribution in [0.25, 0.3) is 0 Å². The van der Waals surface area contributed by atoms with Gasteiger partial charge in [-0.15, -0.1) is 0 Å². The van der Waals surface area contributed by atoms with Gasteiger partial charge in [0.05, 0.1) is 5.92 Å². The summed E-state index contributed by atoms with van der Waals surface area (Å²) in [4.78, 5) is 16.9. The molecule has 1 aromatic heterocycles. The number of fused-ring (bicyclic) bond motifs is 2. The van der Waals surface area contributed by atoms with Crippen LogP contribution in [-0.2, 0) is 11.3 Å². The summed E-state index contributed by atoms with van der Waals surface area (Å²) in [6.07, 6.45) is 3.45. The zero-order valence-electron chi connectivity index (χ0n) is 13.0. The third-order valence-electron chi connectivity index (χ3n) is 4.16. The predicted octanol–water partition coefficient (Wildman–Crippen LogP) is 3.64. The Labute approximate surface area is 140 Å². The van der Waals surface area contributed by atoms with Crippen molar-refractivity contribution in [1.82, 2.24) is 10.3 Å². The minimum Gasteiger partial charge on any atom is -0.457 e. The third kappa shape index (κ3) is 2.63. The number of hydrogen-bond acceptors (Lipinski definition) is 3. The molecule has 0 spiro atoms. The predicted molar refractivity (Wildman–Crippen MR) is 90.9 cm³/mol. The van der Waals surface area contributed by atoms with E-state index in [0.29, 0.717) is 6.54 Å². The Morgan fingerprint density at radius 3 is 2.12 bits per heavy atom. The van der Waals surface area contributed by atoms with Crippen LogP contribution in [0.2, 0.25) is 0 Å². The van der Waals surface area contributed by atoms with Gasteiger partial charge in [0.25, 0.3) is 0 Å². The highest BCUT2D eigenvalue weighted by Crippen LogP contribution is 2.43. The van der Waals surface area contributed by atoms with Gasteiger partial charge in [0, 0.05) is 30.1 Å². The summed E-state index contributed by atoms with van der Waals surface area (Å²) in [6.45, 7) is 0.475. The number of nitrogens with zero attached hydrogens (tertiary/aromatic N) is 1. The van der Waals surface area contributed by atoms with Gasteiger partial charge in [0.15, 0.2) is 0 Å². The molecule has 0 atom stereocenters. The maximum atomic E-state index is 12.9. The van der Waals surface area contributed by atoms with E-state index in [0.717, 1.165) is 28.2 Å². The second kappa shape index (κ2) is 6.16. The molecule has 2 aromatic carbocycles. The highest BCUT2D eigenvalue weighted by molar-refractivity contribution is 5.89. The number of amides is 1. The quantitative estimate of drug-likeness (QED) is 0.802. The zero-order chi connectivity index (χ0) is 16.4. The lowest BCUT2D eigenvalue weighted by atomic mass is 9.87. The van der Waals surface area contributed by atoms with E-state index in [2.05, 4.69) is 10.3 Å². The van der Waals surface area contributed by atoms with Crippen molar-refractivity contribution in [3.8, 4) is 11.5 Å². The first-order valence-corrected chi connectivity index (χ1v) is 7.85. The van der Waals surface area contributed by atoms with Crippen molar-refractivity contribution >= 4 is 5.91 Å². The molecule has 0 saturated carbocycles. The number of carbonyl (C=O) groups excluding carboxylic acids is 1. The smallest absolute Gasteiger partial charge is 0.232 e. The van der Waals surface area contributed by atoms with Gasteiger partial charge in [0.2, 0.25) is 5.91 Å². The van der Waals surface area contributed by atoms with Crippen LogP contribution < -0.4 is 10.1 Å². The number of pyridine rings is 1. The third-order valence-corrected chi connectivity index (χ3v) is 4.16. The lowest BCUT2D eigenvalue weighted by Gasteiger charge is -2.27. The van der Waals surface area contributed by atoms with Crippen LogP contribution in [-0.4, -0.2) is 10.9 Å². The maximum absolute atomic E-state index is 12.9. The summed E-state index contributed by atoms with van der Waals surface area (Å²) in [5.41, 5.74) is 2.80. The summed E-state index contributed by atoms with van der Waals surface area (Å²) >= 11 is 0. The van der Waals surface area contributed by atoms with Gasteiger partial charge in [0.1, 0.15) is 11.5 Å². The van der Waals surface area contributed by atoms with Crippen LogP contribution in [0.5, 0.6) is 11.5 Å². The van der Waals surface area contributed by atoms with E-state index >= 15 is 0 Å². The fourth-order valence-corrected chi connectivity index (χ4v) is 2.98. The molecular formula is C20H16N2O2. The molecule has 2 heterocycles. The molecule has 4 nitrogen and oxygen atoms in total. The van der Waals surface area contributed by atoms with E-state index in [1.165, 1.54) is 0 Å². The summed E-state index contributed by atoms with van der Waals surface area (Å²) in [5, 5.41) is 3.03. The number of hydrogen-bond donors (Lipinski definition) is 1. The lowest BCUT2D eigenvalue weighted by molar-refractivity contribution is -0.122. The van der Waals surface area contributed by atoms with Crippen molar-refractivity contribution in [1.29, 1.82) is 0 Å². The largest absolute Gasteiger partial charge is 0.457 e. The Balaban J connectivity index is 1.65. The number of ether oxygens (including phenoxy) is 1. The summed E-state index contributed by atoms with van der Waals surface area (Å²) in [5.74, 6) is 1.07. The highest BCUT2D eigenvalue weighted by Gasteiger charge is 2.32. The molecule has 4 heteroatoms. The molecule has 0 fully saturated rings. The summed E-state index contributed by atoms with van der Waals surface area (Å²) in [6, 6.07) is 19.2. The van der Waals surface area contributed by atoms with Gasteiger partial charge in [-0.05, 0) is 29.8 Å². The van der Waals surface area contributed by atoms with E-state index in [9.17, 15) is 4.79 Å². The van der Waals surface area contributed by atoms with Crippen molar-refractivity contribution < 1.29 is 9.53 Å². The average Bonchev–Trinajstić information content (AvgIpc) is 2.65. The molecule has 1 aliphatic rings. The van der Waals surface area contributed by atoms with Crippen LogP contribution in [0.15, 0.2) is 73.1 Å². The maximum Gasteiger partial charge on any atom is 0.232 e. The number of para-hydroxylation sites is 2. The van der Waals surface area contributed by atoms with Crippen LogP contribution in [0.3, 0.4) is 0 Å². The van der Waals surface area contributed by atoms with Crippen LogP contribution in [0.1, 0.15) is 22.6 Å². The van der Waals surface area contributed by atoms with Crippen molar-refractivity contribution in [3.63, 3.8) is 0 Å². The Bertz CT molecular complexity index is 832. The number of rotatable bonds is 3. The van der Waals surface area contributed by atoms with Gasteiger partial charge in [-0.25, -0.2) is 0 Å². The molecule has 1 aliphatic heterocycles. The molecule has 0 bridgehead atoms. The first kappa shape index (κ1) is 14.5. The van der Waals surface area contributed by atoms with Crippen molar-refractivity contribution in [3.05, 3.63) is 89.7 Å². The Hall–Kier alpha value is -3.14. The van der Waals surface area contributed by atoms with Crippen molar-refractivity contribution in [2.75, 3.05) is 0 Å². The van der Waals surface area contributed by atoms with Crippen molar-refractivity contribution in [2.24, 2.45) is 0 Å². The van der Waals surface area contributed by atoms with Gasteiger partial charge >= 0.3 is 0 Å². The Kier molecular flexibility index (Phi) is 3.71. The molecule has 0 unspecified atom stereocenters. The minimum atomic E-state index is -0.368. The molecule has 1 amide bonds. The second-order valence-electron chi connectivity index (χ2n) is 5.68. The first-order chi connectivity index (χ1) is 11.8. The van der Waals surface area contributed by atoms with Gasteiger partial charge in [-0.3, -0.25) is 9.78 Å². The van der Waals surface area contributed by atoms with Gasteiger partial charge < -0.3 is 10.1 Å². The number of carbonyl (C=O) groups is 1. The normalized spacial score (nSPS) is 12.7. The molecule has 0 saturated heterocycles. The summed E-state index contributed by atoms with van der Waals surface area (Å²) in [7, 11) is 0. The van der Waals surface area contributed by atoms with Crippen LogP contribution in [0, 0.1) is 0 Å². The molecular weight excluding hydrogens is 300 g/mol. The first-order valence-electron chi connectivity index (χ1n) is 7.85. The minimum absolute atomic E-state index is 0.0324. The summed E-state index contributed by atoms with van der Waals surface area (Å²) < 4.78 is 5.93. The van der Waals surface area contributed by atoms with Gasteiger partial charge in [-0.2, -0.15) is 0 Å². The molecule has 4 rings (SSSR count). The molecule has 118 valence electrons. The molecule has 0 radical (unpaired) electrons. The van der Waals surface area contributed by atoms with E-state index in [1.807, 2.05) is 60.7 Å². The fourth-order valence-electron chi connectivity index (χ4n) is 2.98. The van der Waals surface area contributed by atoms with E-state index in [1.54, 1.807) is 12.4 Å². The van der Waals surface area contributed by atoms with E-state index in [4.69, 9.17) is 4.74 Å². The molecule has 24 heavy (non-hydrogen) atoms. The number of nitrogens with one attached hydrogen (secondary N) is 1. The highest BCUT2D eigenvalue weighted by atomic mass is 16.5. The van der Waals surface area contributed by atoms with Crippen LogP contribution in [0.4, 0.5) is 0 Å². The average molecular weight is 316 g/mol. The number of benzene rings is 2.